The molecule has 7 heteroatoms. The molecule has 0 fully saturated rings. The highest BCUT2D eigenvalue weighted by Gasteiger charge is 2.14. The molecule has 0 spiro atoms. The molecule has 0 aliphatic carbocycles. The van der Waals surface area contributed by atoms with E-state index in [1.54, 1.807) is 35.9 Å². The second-order valence-corrected chi connectivity index (χ2v) is 7.64. The monoisotopic (exact) mass is 405 g/mol. The Bertz CT molecular complexity index is 1080. The second-order valence-electron chi connectivity index (χ2n) is 6.57. The smallest absolute Gasteiger partial charge is 0.132 e. The van der Waals surface area contributed by atoms with E-state index in [1.807, 2.05) is 36.4 Å². The number of aromatic nitrogens is 3. The fraction of sp³-hybridized carbons (Fsp3) is 0.136. The third-order valence-corrected chi connectivity index (χ3v) is 5.53. The number of hydrogen-bond donors (Lipinski definition) is 2. The number of nitrogens with one attached hydrogen (secondary N) is 1. The molecule has 3 aromatic heterocycles. The van der Waals surface area contributed by atoms with Crippen molar-refractivity contribution in [2.45, 2.75) is 19.1 Å². The lowest BCUT2D eigenvalue weighted by Gasteiger charge is -2.08. The van der Waals surface area contributed by atoms with Crippen molar-refractivity contribution >= 4 is 23.0 Å². The van der Waals surface area contributed by atoms with Gasteiger partial charge in [0.2, 0.25) is 0 Å². The summed E-state index contributed by atoms with van der Waals surface area (Å²) in [7, 11) is 0. The van der Waals surface area contributed by atoms with Crippen molar-refractivity contribution in [1.29, 1.82) is 0 Å². The van der Waals surface area contributed by atoms with Crippen LogP contribution in [0.25, 0.3) is 10.6 Å². The van der Waals surface area contributed by atoms with Gasteiger partial charge in [-0.2, -0.15) is 0 Å². The number of nitrogens with two attached hydrogens (primary N) is 1. The van der Waals surface area contributed by atoms with Gasteiger partial charge in [-0.15, -0.1) is 11.3 Å². The van der Waals surface area contributed by atoms with E-state index in [4.69, 9.17) is 5.73 Å². The van der Waals surface area contributed by atoms with Gasteiger partial charge in [0.05, 0.1) is 16.6 Å². The standard InChI is InChI=1S/C22H20FN5S/c23-13-16-9-10-25-21(12-16)28-20-8-4-7-18(27-20)19-14-26-22(29-19)17(24)11-15-5-2-1-3-6-15/h1-10,12,14,17H,11,13,24H2,(H,25,27,28)/t17-/m0/s1. The number of benzene rings is 1. The Morgan fingerprint density at radius 1 is 0.966 bits per heavy atom. The molecule has 3 N–H and O–H groups in total. The summed E-state index contributed by atoms with van der Waals surface area (Å²) >= 11 is 1.54. The quantitative estimate of drug-likeness (QED) is 0.450. The molecule has 0 amide bonds. The number of anilines is 2. The van der Waals surface area contributed by atoms with Crippen LogP contribution < -0.4 is 11.1 Å². The molecule has 0 radical (unpaired) electrons. The van der Waals surface area contributed by atoms with E-state index in [0.29, 0.717) is 17.2 Å². The van der Waals surface area contributed by atoms with Crippen LogP contribution in [-0.2, 0) is 13.1 Å². The molecule has 0 aliphatic rings. The van der Waals surface area contributed by atoms with Crippen LogP contribution in [0.5, 0.6) is 0 Å². The van der Waals surface area contributed by atoms with Crippen molar-refractivity contribution in [3.63, 3.8) is 0 Å². The highest BCUT2D eigenvalue weighted by molar-refractivity contribution is 7.15. The van der Waals surface area contributed by atoms with E-state index in [-0.39, 0.29) is 6.04 Å². The van der Waals surface area contributed by atoms with Gasteiger partial charge in [-0.1, -0.05) is 36.4 Å². The van der Waals surface area contributed by atoms with Gasteiger partial charge in [0, 0.05) is 12.4 Å². The first kappa shape index (κ1) is 19.2. The number of halogens is 1. The van der Waals surface area contributed by atoms with E-state index in [0.717, 1.165) is 22.0 Å². The van der Waals surface area contributed by atoms with Crippen molar-refractivity contribution < 1.29 is 4.39 Å². The van der Waals surface area contributed by atoms with Gasteiger partial charge in [0.15, 0.2) is 0 Å². The zero-order valence-electron chi connectivity index (χ0n) is 15.6. The third-order valence-electron chi connectivity index (χ3n) is 4.38. The van der Waals surface area contributed by atoms with Crippen LogP contribution in [0, 0.1) is 0 Å². The molecule has 1 atom stereocenters. The minimum atomic E-state index is -0.530. The van der Waals surface area contributed by atoms with Crippen molar-refractivity contribution in [3.8, 4) is 10.6 Å². The van der Waals surface area contributed by atoms with Gasteiger partial charge in [-0.25, -0.2) is 19.3 Å². The molecule has 0 bridgehead atoms. The molecule has 4 rings (SSSR count). The fourth-order valence-electron chi connectivity index (χ4n) is 2.93. The fourth-order valence-corrected chi connectivity index (χ4v) is 3.82. The van der Waals surface area contributed by atoms with Crippen LogP contribution in [0.1, 0.15) is 22.2 Å². The Morgan fingerprint density at radius 2 is 1.83 bits per heavy atom. The summed E-state index contributed by atoms with van der Waals surface area (Å²) in [5, 5.41) is 4.00. The molecule has 0 aliphatic heterocycles. The summed E-state index contributed by atoms with van der Waals surface area (Å²) in [5.74, 6) is 1.19. The van der Waals surface area contributed by atoms with E-state index in [9.17, 15) is 4.39 Å². The van der Waals surface area contributed by atoms with E-state index in [1.165, 1.54) is 5.56 Å². The van der Waals surface area contributed by atoms with E-state index < -0.39 is 6.67 Å². The number of pyridine rings is 2. The predicted octanol–water partition coefficient (Wildman–Crippen LogP) is 5.06. The predicted molar refractivity (Wildman–Crippen MR) is 115 cm³/mol. The lowest BCUT2D eigenvalue weighted by Crippen LogP contribution is -2.12. The number of alkyl halides is 1. The molecule has 3 heterocycles. The molecule has 29 heavy (non-hydrogen) atoms. The van der Waals surface area contributed by atoms with Gasteiger partial charge in [0.1, 0.15) is 23.3 Å². The number of hydrogen-bond acceptors (Lipinski definition) is 6. The van der Waals surface area contributed by atoms with Gasteiger partial charge in [-0.3, -0.25) is 0 Å². The highest BCUT2D eigenvalue weighted by atomic mass is 32.1. The Labute approximate surface area is 172 Å². The third kappa shape index (κ3) is 4.82. The van der Waals surface area contributed by atoms with Gasteiger partial charge >= 0.3 is 0 Å². The summed E-state index contributed by atoms with van der Waals surface area (Å²) in [6, 6.07) is 19.0. The highest BCUT2D eigenvalue weighted by Crippen LogP contribution is 2.29. The van der Waals surface area contributed by atoms with Crippen LogP contribution in [0.15, 0.2) is 73.1 Å². The molecule has 0 saturated carbocycles. The molecule has 0 unspecified atom stereocenters. The zero-order chi connectivity index (χ0) is 20.1. The Kier molecular flexibility index (Phi) is 5.88. The van der Waals surface area contributed by atoms with Crippen molar-refractivity contribution in [3.05, 3.63) is 89.2 Å². The minimum Gasteiger partial charge on any atom is -0.325 e. The second kappa shape index (κ2) is 8.89. The molecule has 4 aromatic rings. The normalized spacial score (nSPS) is 11.9. The van der Waals surface area contributed by atoms with Crippen LogP contribution >= 0.6 is 11.3 Å². The maximum absolute atomic E-state index is 12.8. The maximum Gasteiger partial charge on any atom is 0.132 e. The lowest BCUT2D eigenvalue weighted by molar-refractivity contribution is 0.485. The van der Waals surface area contributed by atoms with Gasteiger partial charge < -0.3 is 11.1 Å². The Balaban J connectivity index is 1.50. The van der Waals surface area contributed by atoms with Crippen molar-refractivity contribution in [2.24, 2.45) is 5.73 Å². The molecule has 0 saturated heterocycles. The zero-order valence-corrected chi connectivity index (χ0v) is 16.4. The topological polar surface area (TPSA) is 76.7 Å². The van der Waals surface area contributed by atoms with Crippen LogP contribution in [-0.4, -0.2) is 15.0 Å². The van der Waals surface area contributed by atoms with Gasteiger partial charge in [0.25, 0.3) is 0 Å². The summed E-state index contributed by atoms with van der Waals surface area (Å²) in [6.07, 6.45) is 4.11. The first-order chi connectivity index (χ1) is 14.2. The lowest BCUT2D eigenvalue weighted by atomic mass is 10.1. The van der Waals surface area contributed by atoms with Crippen LogP contribution in [0.3, 0.4) is 0 Å². The number of thiazole rings is 1. The van der Waals surface area contributed by atoms with Crippen LogP contribution in [0.4, 0.5) is 16.0 Å². The summed E-state index contributed by atoms with van der Waals surface area (Å²) in [5.41, 5.74) is 8.90. The Morgan fingerprint density at radius 3 is 2.66 bits per heavy atom. The average molecular weight is 406 g/mol. The molecule has 146 valence electrons. The number of rotatable bonds is 7. The average Bonchev–Trinajstić information content (AvgIpc) is 3.25. The van der Waals surface area contributed by atoms with E-state index in [2.05, 4.69) is 32.4 Å². The van der Waals surface area contributed by atoms with E-state index >= 15 is 0 Å². The minimum absolute atomic E-state index is 0.162. The van der Waals surface area contributed by atoms with Crippen molar-refractivity contribution in [2.75, 3.05) is 5.32 Å². The Hall–Kier alpha value is -3.16. The summed E-state index contributed by atoms with van der Waals surface area (Å²) in [6.45, 7) is -0.530. The van der Waals surface area contributed by atoms with Gasteiger partial charge in [-0.05, 0) is 41.8 Å². The summed E-state index contributed by atoms with van der Waals surface area (Å²) in [4.78, 5) is 14.3. The molecular weight excluding hydrogens is 385 g/mol. The number of nitrogens with zero attached hydrogens (tertiary/aromatic N) is 3. The van der Waals surface area contributed by atoms with Crippen LogP contribution in [0.2, 0.25) is 0 Å². The maximum atomic E-state index is 12.8. The SMILES string of the molecule is N[C@@H](Cc1ccccc1)c1ncc(-c2cccc(Nc3cc(CF)ccn3)n2)s1. The first-order valence-electron chi connectivity index (χ1n) is 9.22. The molecule has 5 nitrogen and oxygen atoms in total. The summed E-state index contributed by atoms with van der Waals surface area (Å²) < 4.78 is 12.8. The molecular formula is C22H20FN5S. The largest absolute Gasteiger partial charge is 0.325 e. The van der Waals surface area contributed by atoms with Crippen molar-refractivity contribution in [1.82, 2.24) is 15.0 Å². The first-order valence-corrected chi connectivity index (χ1v) is 10.0. The molecule has 1 aromatic carbocycles.